The Kier molecular flexibility index (Phi) is 5.07. The third-order valence-electron chi connectivity index (χ3n) is 4.14. The maximum absolute atomic E-state index is 5.87. The fourth-order valence-corrected chi connectivity index (χ4v) is 2.79. The Labute approximate surface area is 152 Å². The summed E-state index contributed by atoms with van der Waals surface area (Å²) in [6.07, 6.45) is 1.69. The largest absolute Gasteiger partial charge is 0.489 e. The average Bonchev–Trinajstić information content (AvgIpc) is 3.21. The van der Waals surface area contributed by atoms with E-state index in [9.17, 15) is 0 Å². The minimum atomic E-state index is 0.493. The molecule has 1 aromatic heterocycles. The minimum Gasteiger partial charge on any atom is -0.489 e. The molecule has 1 N–H and O–H groups in total. The summed E-state index contributed by atoms with van der Waals surface area (Å²) in [7, 11) is 0. The number of furan rings is 1. The van der Waals surface area contributed by atoms with Crippen LogP contribution in [0.5, 0.6) is 17.2 Å². The maximum atomic E-state index is 5.87. The number of rotatable bonds is 7. The molecular weight excluding hydrogens is 330 g/mol. The van der Waals surface area contributed by atoms with Gasteiger partial charge in [0.15, 0.2) is 11.5 Å². The van der Waals surface area contributed by atoms with Gasteiger partial charge in [0.05, 0.1) is 12.8 Å². The second-order valence-corrected chi connectivity index (χ2v) is 6.09. The topological polar surface area (TPSA) is 52.9 Å². The van der Waals surface area contributed by atoms with Crippen molar-refractivity contribution < 1.29 is 18.6 Å². The Morgan fingerprint density at radius 3 is 2.46 bits per heavy atom. The van der Waals surface area contributed by atoms with Gasteiger partial charge in [0.1, 0.15) is 31.3 Å². The van der Waals surface area contributed by atoms with Crippen LogP contribution < -0.4 is 19.5 Å². The molecule has 0 radical (unpaired) electrons. The van der Waals surface area contributed by atoms with Crippen molar-refractivity contribution in [1.82, 2.24) is 5.32 Å². The van der Waals surface area contributed by atoms with E-state index in [0.717, 1.165) is 41.7 Å². The highest BCUT2D eigenvalue weighted by molar-refractivity contribution is 5.43. The SMILES string of the molecule is c1coc(CNCc2ccc(OCc3ccc4c(c3)OCCO4)cc2)c1. The quantitative estimate of drug-likeness (QED) is 0.699. The first-order valence-corrected chi connectivity index (χ1v) is 8.70. The monoisotopic (exact) mass is 351 g/mol. The van der Waals surface area contributed by atoms with Crippen LogP contribution in [0.1, 0.15) is 16.9 Å². The van der Waals surface area contributed by atoms with Gasteiger partial charge in [-0.05, 0) is 47.5 Å². The Morgan fingerprint density at radius 2 is 1.65 bits per heavy atom. The van der Waals surface area contributed by atoms with Crippen molar-refractivity contribution in [3.8, 4) is 17.2 Å². The van der Waals surface area contributed by atoms with Gasteiger partial charge in [0.2, 0.25) is 0 Å². The average molecular weight is 351 g/mol. The molecule has 26 heavy (non-hydrogen) atoms. The molecule has 0 amide bonds. The molecule has 0 saturated carbocycles. The summed E-state index contributed by atoms with van der Waals surface area (Å²) in [5.41, 5.74) is 2.25. The van der Waals surface area contributed by atoms with E-state index in [1.54, 1.807) is 6.26 Å². The number of hydrogen-bond donors (Lipinski definition) is 1. The molecule has 3 aromatic rings. The molecule has 4 rings (SSSR count). The van der Waals surface area contributed by atoms with Gasteiger partial charge in [-0.2, -0.15) is 0 Å². The van der Waals surface area contributed by atoms with Crippen molar-refractivity contribution in [2.75, 3.05) is 13.2 Å². The first kappa shape index (κ1) is 16.5. The normalized spacial score (nSPS) is 12.8. The van der Waals surface area contributed by atoms with Crippen LogP contribution in [0.25, 0.3) is 0 Å². The van der Waals surface area contributed by atoms with E-state index in [1.807, 2.05) is 42.5 Å². The molecule has 0 saturated heterocycles. The summed E-state index contributed by atoms with van der Waals surface area (Å²) in [6.45, 7) is 3.18. The van der Waals surface area contributed by atoms with Gasteiger partial charge < -0.3 is 23.9 Å². The van der Waals surface area contributed by atoms with Crippen LogP contribution in [0.3, 0.4) is 0 Å². The summed E-state index contributed by atoms with van der Waals surface area (Å²) in [5.74, 6) is 3.36. The third-order valence-corrected chi connectivity index (χ3v) is 4.14. The molecular formula is C21H21NO4. The molecule has 5 heteroatoms. The van der Waals surface area contributed by atoms with E-state index in [4.69, 9.17) is 18.6 Å². The lowest BCUT2D eigenvalue weighted by molar-refractivity contribution is 0.171. The molecule has 0 spiro atoms. The highest BCUT2D eigenvalue weighted by Gasteiger charge is 2.11. The number of hydrogen-bond acceptors (Lipinski definition) is 5. The number of nitrogens with one attached hydrogen (secondary N) is 1. The van der Waals surface area contributed by atoms with Crippen molar-refractivity contribution in [3.05, 3.63) is 77.7 Å². The predicted molar refractivity (Wildman–Crippen MR) is 97.5 cm³/mol. The van der Waals surface area contributed by atoms with Crippen molar-refractivity contribution in [2.45, 2.75) is 19.7 Å². The van der Waals surface area contributed by atoms with E-state index in [-0.39, 0.29) is 0 Å². The summed E-state index contributed by atoms with van der Waals surface area (Å²) < 4.78 is 22.3. The standard InChI is InChI=1S/C21H21NO4/c1-2-19(23-9-1)14-22-13-16-3-6-18(7-4-16)26-15-17-5-8-20-21(12-17)25-11-10-24-20/h1-9,12,22H,10-11,13-15H2. The van der Waals surface area contributed by atoms with Crippen LogP contribution in [0.4, 0.5) is 0 Å². The highest BCUT2D eigenvalue weighted by Crippen LogP contribution is 2.31. The van der Waals surface area contributed by atoms with Gasteiger partial charge in [-0.1, -0.05) is 18.2 Å². The molecule has 2 aromatic carbocycles. The summed E-state index contributed by atoms with van der Waals surface area (Å²) in [4.78, 5) is 0. The van der Waals surface area contributed by atoms with Crippen LogP contribution in [-0.2, 0) is 19.7 Å². The second kappa shape index (κ2) is 7.97. The zero-order chi connectivity index (χ0) is 17.6. The Hall–Kier alpha value is -2.92. The molecule has 1 aliphatic rings. The lowest BCUT2D eigenvalue weighted by Gasteiger charge is -2.19. The summed E-state index contributed by atoms with van der Waals surface area (Å²) >= 11 is 0. The molecule has 5 nitrogen and oxygen atoms in total. The maximum Gasteiger partial charge on any atom is 0.161 e. The molecule has 0 atom stereocenters. The zero-order valence-corrected chi connectivity index (χ0v) is 14.4. The predicted octanol–water partition coefficient (Wildman–Crippen LogP) is 3.92. The van der Waals surface area contributed by atoms with Crippen molar-refractivity contribution in [1.29, 1.82) is 0 Å². The van der Waals surface area contributed by atoms with E-state index in [2.05, 4.69) is 17.4 Å². The van der Waals surface area contributed by atoms with Crippen LogP contribution in [0.2, 0.25) is 0 Å². The van der Waals surface area contributed by atoms with E-state index >= 15 is 0 Å². The lowest BCUT2D eigenvalue weighted by Crippen LogP contribution is -2.15. The summed E-state index contributed by atoms with van der Waals surface area (Å²) in [5, 5.41) is 3.35. The molecule has 0 bridgehead atoms. The molecule has 134 valence electrons. The van der Waals surface area contributed by atoms with Crippen molar-refractivity contribution >= 4 is 0 Å². The fraction of sp³-hybridized carbons (Fsp3) is 0.238. The van der Waals surface area contributed by atoms with Crippen molar-refractivity contribution in [3.63, 3.8) is 0 Å². The van der Waals surface area contributed by atoms with Gasteiger partial charge in [0.25, 0.3) is 0 Å². The van der Waals surface area contributed by atoms with Crippen LogP contribution in [-0.4, -0.2) is 13.2 Å². The Morgan fingerprint density at radius 1 is 0.846 bits per heavy atom. The van der Waals surface area contributed by atoms with Crippen LogP contribution in [0, 0.1) is 0 Å². The van der Waals surface area contributed by atoms with Gasteiger partial charge >= 0.3 is 0 Å². The van der Waals surface area contributed by atoms with Crippen molar-refractivity contribution in [2.24, 2.45) is 0 Å². The van der Waals surface area contributed by atoms with E-state index in [0.29, 0.717) is 19.8 Å². The number of ether oxygens (including phenoxy) is 3. The molecule has 0 aliphatic carbocycles. The van der Waals surface area contributed by atoms with Gasteiger partial charge in [0, 0.05) is 6.54 Å². The Bertz CT molecular complexity index is 828. The van der Waals surface area contributed by atoms with E-state index < -0.39 is 0 Å². The molecule has 0 fully saturated rings. The first-order valence-electron chi connectivity index (χ1n) is 8.70. The van der Waals surface area contributed by atoms with Gasteiger partial charge in [-0.3, -0.25) is 0 Å². The highest BCUT2D eigenvalue weighted by atomic mass is 16.6. The smallest absolute Gasteiger partial charge is 0.161 e. The number of fused-ring (bicyclic) bond motifs is 1. The third kappa shape index (κ3) is 4.18. The zero-order valence-electron chi connectivity index (χ0n) is 14.4. The van der Waals surface area contributed by atoms with Crippen LogP contribution >= 0.6 is 0 Å². The Balaban J connectivity index is 1.27. The van der Waals surface area contributed by atoms with E-state index in [1.165, 1.54) is 5.56 Å². The van der Waals surface area contributed by atoms with Gasteiger partial charge in [-0.25, -0.2) is 0 Å². The molecule has 1 aliphatic heterocycles. The lowest BCUT2D eigenvalue weighted by atomic mass is 10.2. The first-order chi connectivity index (χ1) is 12.9. The molecule has 0 unspecified atom stereocenters. The van der Waals surface area contributed by atoms with Gasteiger partial charge in [-0.15, -0.1) is 0 Å². The second-order valence-electron chi connectivity index (χ2n) is 6.09. The minimum absolute atomic E-state index is 0.493. The van der Waals surface area contributed by atoms with Crippen LogP contribution in [0.15, 0.2) is 65.3 Å². The summed E-state index contributed by atoms with van der Waals surface area (Å²) in [6, 6.07) is 17.9. The molecule has 2 heterocycles. The number of benzene rings is 2. The fourth-order valence-electron chi connectivity index (χ4n) is 2.79.